The highest BCUT2D eigenvalue weighted by atomic mass is 35.5. The molecule has 2 rings (SSSR count). The maximum atomic E-state index is 12.6. The van der Waals surface area contributed by atoms with Gasteiger partial charge < -0.3 is 10.0 Å². The molecule has 138 valence electrons. The Hall–Kier alpha value is -2.11. The van der Waals surface area contributed by atoms with Gasteiger partial charge in [-0.25, -0.2) is 0 Å². The lowest BCUT2D eigenvalue weighted by atomic mass is 10.00. The van der Waals surface area contributed by atoms with Crippen molar-refractivity contribution in [1.82, 2.24) is 0 Å². The molecular weight excluding hydrogens is 377 g/mol. The fraction of sp³-hybridized carbons (Fsp3) is 0.316. The number of aliphatic carboxylic acids is 1. The molecule has 1 atom stereocenters. The number of hydrogen-bond donors (Lipinski definition) is 1. The summed E-state index contributed by atoms with van der Waals surface area (Å²) in [6.07, 6.45) is 0.182. The molecule has 0 aromatic heterocycles. The number of carbonyl (C=O) groups is 3. The van der Waals surface area contributed by atoms with Gasteiger partial charge in [0.2, 0.25) is 5.91 Å². The Labute approximate surface area is 161 Å². The minimum absolute atomic E-state index is 0.0273. The van der Waals surface area contributed by atoms with Crippen molar-refractivity contribution in [2.75, 3.05) is 17.3 Å². The molecule has 0 radical (unpaired) electrons. The van der Waals surface area contributed by atoms with Crippen LogP contribution in [0.5, 0.6) is 0 Å². The van der Waals surface area contributed by atoms with E-state index in [0.29, 0.717) is 16.1 Å². The summed E-state index contributed by atoms with van der Waals surface area (Å²) in [6.45, 7) is 1.28. The number of nitrogens with zero attached hydrogens (tertiary/aromatic N) is 1. The minimum atomic E-state index is -1.20. The number of halogens is 2. The SMILES string of the molecule is CCC(C(=O)O)C(=O)CN(C(=O)CCCl)c1cccc2cccc(Cl)c12. The molecule has 1 unspecified atom stereocenters. The third-order valence-electron chi connectivity index (χ3n) is 4.14. The number of carbonyl (C=O) groups excluding carboxylic acids is 2. The molecule has 0 aliphatic carbocycles. The van der Waals surface area contributed by atoms with Gasteiger partial charge in [-0.1, -0.05) is 42.8 Å². The number of carboxylic acids is 1. The number of alkyl halides is 1. The molecule has 1 amide bonds. The number of anilines is 1. The Morgan fingerprint density at radius 1 is 1.15 bits per heavy atom. The maximum absolute atomic E-state index is 12.6. The first-order valence-electron chi connectivity index (χ1n) is 8.19. The van der Waals surface area contributed by atoms with E-state index in [9.17, 15) is 19.5 Å². The van der Waals surface area contributed by atoms with Crippen molar-refractivity contribution in [1.29, 1.82) is 0 Å². The molecule has 0 aliphatic rings. The van der Waals surface area contributed by atoms with Crippen molar-refractivity contribution < 1.29 is 19.5 Å². The number of ketones is 1. The molecule has 26 heavy (non-hydrogen) atoms. The summed E-state index contributed by atoms with van der Waals surface area (Å²) in [5.41, 5.74) is 0.469. The van der Waals surface area contributed by atoms with Crippen molar-refractivity contribution in [3.8, 4) is 0 Å². The highest BCUT2D eigenvalue weighted by Gasteiger charge is 2.29. The van der Waals surface area contributed by atoms with Gasteiger partial charge in [0.1, 0.15) is 5.92 Å². The lowest BCUT2D eigenvalue weighted by molar-refractivity contribution is -0.146. The average Bonchev–Trinajstić information content (AvgIpc) is 2.60. The molecule has 2 aromatic rings. The van der Waals surface area contributed by atoms with Crippen LogP contribution in [0.25, 0.3) is 10.8 Å². The third-order valence-corrected chi connectivity index (χ3v) is 4.64. The van der Waals surface area contributed by atoms with Crippen molar-refractivity contribution >= 4 is 57.3 Å². The van der Waals surface area contributed by atoms with Crippen molar-refractivity contribution in [2.24, 2.45) is 5.92 Å². The molecule has 5 nitrogen and oxygen atoms in total. The van der Waals surface area contributed by atoms with E-state index in [1.807, 2.05) is 12.1 Å². The first-order valence-corrected chi connectivity index (χ1v) is 9.11. The molecular formula is C19H19Cl2NO4. The lowest BCUT2D eigenvalue weighted by Crippen LogP contribution is -2.40. The van der Waals surface area contributed by atoms with Gasteiger partial charge in [-0.3, -0.25) is 14.4 Å². The van der Waals surface area contributed by atoms with E-state index in [0.717, 1.165) is 5.39 Å². The number of benzene rings is 2. The quantitative estimate of drug-likeness (QED) is 0.538. The summed E-state index contributed by atoms with van der Waals surface area (Å²) in [6, 6.07) is 10.6. The van der Waals surface area contributed by atoms with Gasteiger partial charge in [0, 0.05) is 17.7 Å². The Balaban J connectivity index is 2.51. The normalized spacial score (nSPS) is 12.0. The van der Waals surface area contributed by atoms with Gasteiger partial charge >= 0.3 is 5.97 Å². The maximum Gasteiger partial charge on any atom is 0.314 e. The molecule has 2 aromatic carbocycles. The van der Waals surface area contributed by atoms with E-state index in [2.05, 4.69) is 0 Å². The summed E-state index contributed by atoms with van der Waals surface area (Å²) >= 11 is 12.0. The second kappa shape index (κ2) is 9.01. The molecule has 0 spiro atoms. The molecule has 0 saturated carbocycles. The topological polar surface area (TPSA) is 74.7 Å². The first kappa shape index (κ1) is 20.2. The second-order valence-electron chi connectivity index (χ2n) is 5.80. The molecule has 0 aliphatic heterocycles. The van der Waals surface area contributed by atoms with Crippen LogP contribution in [0.4, 0.5) is 5.69 Å². The van der Waals surface area contributed by atoms with E-state index < -0.39 is 17.7 Å². The molecule has 0 fully saturated rings. The summed E-state index contributed by atoms with van der Waals surface area (Å²) in [4.78, 5) is 37.7. The zero-order valence-electron chi connectivity index (χ0n) is 14.2. The van der Waals surface area contributed by atoms with E-state index >= 15 is 0 Å². The molecule has 1 N–H and O–H groups in total. The van der Waals surface area contributed by atoms with Crippen LogP contribution < -0.4 is 4.90 Å². The second-order valence-corrected chi connectivity index (χ2v) is 6.58. The smallest absolute Gasteiger partial charge is 0.314 e. The Morgan fingerprint density at radius 3 is 2.38 bits per heavy atom. The van der Waals surface area contributed by atoms with Gasteiger partial charge in [-0.2, -0.15) is 0 Å². The Bertz CT molecular complexity index is 832. The number of fused-ring (bicyclic) bond motifs is 1. The van der Waals surface area contributed by atoms with Crippen molar-refractivity contribution in [3.05, 3.63) is 41.4 Å². The Morgan fingerprint density at radius 2 is 1.81 bits per heavy atom. The summed E-state index contributed by atoms with van der Waals surface area (Å²) < 4.78 is 0. The first-order chi connectivity index (χ1) is 12.4. The van der Waals surface area contributed by atoms with Crippen molar-refractivity contribution in [3.63, 3.8) is 0 Å². The average molecular weight is 396 g/mol. The van der Waals surface area contributed by atoms with Crippen LogP contribution in [-0.2, 0) is 14.4 Å². The van der Waals surface area contributed by atoms with Crippen LogP contribution in [0.3, 0.4) is 0 Å². The van der Waals surface area contributed by atoms with Gasteiger partial charge in [0.05, 0.1) is 17.3 Å². The predicted molar refractivity (Wildman–Crippen MR) is 103 cm³/mol. The summed E-state index contributed by atoms with van der Waals surface area (Å²) in [5, 5.41) is 11.1. The Kier molecular flexibility index (Phi) is 7.00. The van der Waals surface area contributed by atoms with Crippen LogP contribution in [0.15, 0.2) is 36.4 Å². The molecule has 0 heterocycles. The third kappa shape index (κ3) is 4.34. The van der Waals surface area contributed by atoms with Gasteiger partial charge in [-0.05, 0) is 23.9 Å². The van der Waals surface area contributed by atoms with Crippen LogP contribution in [0.2, 0.25) is 5.02 Å². The minimum Gasteiger partial charge on any atom is -0.481 e. The fourth-order valence-corrected chi connectivity index (χ4v) is 3.27. The van der Waals surface area contributed by atoms with E-state index in [-0.39, 0.29) is 31.2 Å². The van der Waals surface area contributed by atoms with Crippen LogP contribution in [0, 0.1) is 5.92 Å². The highest BCUT2D eigenvalue weighted by Crippen LogP contribution is 2.33. The zero-order chi connectivity index (χ0) is 19.3. The van der Waals surface area contributed by atoms with Crippen LogP contribution in [0.1, 0.15) is 19.8 Å². The van der Waals surface area contributed by atoms with Crippen molar-refractivity contribution in [2.45, 2.75) is 19.8 Å². The van der Waals surface area contributed by atoms with E-state index in [1.54, 1.807) is 31.2 Å². The number of rotatable bonds is 8. The van der Waals surface area contributed by atoms with Crippen LogP contribution >= 0.6 is 23.2 Å². The number of hydrogen-bond acceptors (Lipinski definition) is 3. The fourth-order valence-electron chi connectivity index (χ4n) is 2.83. The number of amides is 1. The van der Waals surface area contributed by atoms with E-state index in [1.165, 1.54) is 4.90 Å². The monoisotopic (exact) mass is 395 g/mol. The number of carboxylic acid groups (broad SMARTS) is 1. The summed E-state index contributed by atoms with van der Waals surface area (Å²) in [7, 11) is 0. The van der Waals surface area contributed by atoms with Crippen LogP contribution in [-0.4, -0.2) is 35.2 Å². The lowest BCUT2D eigenvalue weighted by Gasteiger charge is -2.25. The number of Topliss-reactive ketones (excluding diaryl/α,β-unsaturated/α-hetero) is 1. The molecule has 0 bridgehead atoms. The standard InChI is InChI=1S/C19H19Cl2NO4/c1-2-13(19(25)26)16(23)11-22(17(24)9-10-20)15-8-4-6-12-5-3-7-14(21)18(12)15/h3-8,13H,2,9-11H2,1H3,(H,25,26). The van der Waals surface area contributed by atoms with E-state index in [4.69, 9.17) is 23.2 Å². The molecule has 7 heteroatoms. The molecule has 0 saturated heterocycles. The summed E-state index contributed by atoms with van der Waals surface area (Å²) in [5.74, 6) is -3.16. The van der Waals surface area contributed by atoms with Gasteiger partial charge in [-0.15, -0.1) is 11.6 Å². The van der Waals surface area contributed by atoms with Gasteiger partial charge in [0.25, 0.3) is 0 Å². The predicted octanol–water partition coefficient (Wildman–Crippen LogP) is 4.14. The zero-order valence-corrected chi connectivity index (χ0v) is 15.8. The highest BCUT2D eigenvalue weighted by molar-refractivity contribution is 6.37. The largest absolute Gasteiger partial charge is 0.481 e. The van der Waals surface area contributed by atoms with Gasteiger partial charge in [0.15, 0.2) is 5.78 Å².